The van der Waals surface area contributed by atoms with Crippen molar-refractivity contribution in [3.63, 3.8) is 0 Å². The van der Waals surface area contributed by atoms with E-state index >= 15 is 0 Å². The molecule has 7 heteroatoms. The summed E-state index contributed by atoms with van der Waals surface area (Å²) in [5.74, 6) is 0.966. The Hall–Kier alpha value is -2.61. The predicted molar refractivity (Wildman–Crippen MR) is 116 cm³/mol. The summed E-state index contributed by atoms with van der Waals surface area (Å²) in [4.78, 5) is 4.68. The summed E-state index contributed by atoms with van der Waals surface area (Å²) in [6.07, 6.45) is -3.23. The molecule has 0 spiro atoms. The number of piperazine rings is 1. The van der Waals surface area contributed by atoms with Crippen LogP contribution >= 0.6 is 0 Å². The lowest BCUT2D eigenvalue weighted by Crippen LogP contribution is -2.46. The molecule has 2 aromatic carbocycles. The van der Waals surface area contributed by atoms with E-state index in [4.69, 9.17) is 9.15 Å². The minimum Gasteiger partial charge on any atom is -0.468 e. The molecule has 4 nitrogen and oxygen atoms in total. The smallest absolute Gasteiger partial charge is 0.416 e. The van der Waals surface area contributed by atoms with Crippen LogP contribution in [-0.2, 0) is 17.5 Å². The van der Waals surface area contributed by atoms with Gasteiger partial charge >= 0.3 is 6.18 Å². The molecule has 0 aliphatic carbocycles. The largest absolute Gasteiger partial charge is 0.468 e. The lowest BCUT2D eigenvalue weighted by Gasteiger charge is -2.34. The van der Waals surface area contributed by atoms with E-state index in [0.29, 0.717) is 12.2 Å². The molecule has 1 fully saturated rings. The van der Waals surface area contributed by atoms with Gasteiger partial charge in [-0.05, 0) is 35.4 Å². The second-order valence-electron chi connectivity index (χ2n) is 7.98. The van der Waals surface area contributed by atoms with Crippen LogP contribution in [0.4, 0.5) is 13.2 Å². The van der Waals surface area contributed by atoms with Gasteiger partial charge in [-0.3, -0.25) is 9.80 Å². The monoisotopic (exact) mass is 444 g/mol. The standard InChI is InChI=1S/C25H27F3N2O2/c26-25(27,28)22-9-4-8-21(18-22)24(20-6-2-1-3-7-20)32-17-15-29-11-13-30(14-12-29)19-23-10-5-16-31-23/h1-10,16,18,24H,11-15,17,19H2. The fraction of sp³-hybridized carbons (Fsp3) is 0.360. The van der Waals surface area contributed by atoms with Gasteiger partial charge in [0.25, 0.3) is 0 Å². The molecular formula is C25H27F3N2O2. The summed E-state index contributed by atoms with van der Waals surface area (Å²) in [5, 5.41) is 0. The second kappa shape index (κ2) is 10.3. The summed E-state index contributed by atoms with van der Waals surface area (Å²) >= 11 is 0. The SMILES string of the molecule is FC(F)(F)c1cccc(C(OCCN2CCN(Cc3ccco3)CC2)c2ccccc2)c1. The van der Waals surface area contributed by atoms with Gasteiger partial charge in [0.1, 0.15) is 11.9 Å². The first kappa shape index (κ1) is 22.6. The molecule has 0 saturated carbocycles. The second-order valence-corrected chi connectivity index (χ2v) is 7.98. The van der Waals surface area contributed by atoms with Crippen molar-refractivity contribution in [2.45, 2.75) is 18.8 Å². The van der Waals surface area contributed by atoms with Crippen LogP contribution in [0.5, 0.6) is 0 Å². The van der Waals surface area contributed by atoms with Gasteiger partial charge in [0, 0.05) is 32.7 Å². The third kappa shape index (κ3) is 6.00. The number of alkyl halides is 3. The lowest BCUT2D eigenvalue weighted by atomic mass is 9.99. The third-order valence-electron chi connectivity index (χ3n) is 5.74. The van der Waals surface area contributed by atoms with Gasteiger partial charge in [0.15, 0.2) is 0 Å². The molecule has 0 bridgehead atoms. The van der Waals surface area contributed by atoms with Crippen molar-refractivity contribution < 1.29 is 22.3 Å². The summed E-state index contributed by atoms with van der Waals surface area (Å²) in [6.45, 7) is 5.70. The molecular weight excluding hydrogens is 417 g/mol. The zero-order valence-corrected chi connectivity index (χ0v) is 17.8. The van der Waals surface area contributed by atoms with Crippen molar-refractivity contribution in [1.29, 1.82) is 0 Å². The van der Waals surface area contributed by atoms with Crippen molar-refractivity contribution in [3.8, 4) is 0 Å². The van der Waals surface area contributed by atoms with E-state index in [-0.39, 0.29) is 0 Å². The first-order valence-corrected chi connectivity index (χ1v) is 10.8. The molecule has 170 valence electrons. The summed E-state index contributed by atoms with van der Waals surface area (Å²) < 4.78 is 51.2. The third-order valence-corrected chi connectivity index (χ3v) is 5.74. The molecule has 1 aliphatic rings. The first-order valence-electron chi connectivity index (χ1n) is 10.8. The van der Waals surface area contributed by atoms with Gasteiger partial charge in [-0.25, -0.2) is 0 Å². The topological polar surface area (TPSA) is 28.9 Å². The Morgan fingerprint density at radius 2 is 1.56 bits per heavy atom. The molecule has 1 aliphatic heterocycles. The molecule has 0 radical (unpaired) electrons. The highest BCUT2D eigenvalue weighted by atomic mass is 19.4. The van der Waals surface area contributed by atoms with Crippen LogP contribution in [0.1, 0.15) is 28.6 Å². The Labute approximate surface area is 186 Å². The number of rotatable bonds is 8. The average Bonchev–Trinajstić information content (AvgIpc) is 3.31. The van der Waals surface area contributed by atoms with Crippen molar-refractivity contribution in [3.05, 3.63) is 95.4 Å². The zero-order valence-electron chi connectivity index (χ0n) is 17.8. The van der Waals surface area contributed by atoms with Crippen LogP contribution in [0, 0.1) is 0 Å². The van der Waals surface area contributed by atoms with Gasteiger partial charge in [-0.2, -0.15) is 13.2 Å². The summed E-state index contributed by atoms with van der Waals surface area (Å²) in [5.41, 5.74) is 0.691. The maximum atomic E-state index is 13.2. The zero-order chi connectivity index (χ0) is 22.4. The van der Waals surface area contributed by atoms with Crippen molar-refractivity contribution in [1.82, 2.24) is 9.80 Å². The van der Waals surface area contributed by atoms with E-state index in [1.54, 1.807) is 12.3 Å². The Morgan fingerprint density at radius 3 is 2.25 bits per heavy atom. The molecule has 1 unspecified atom stereocenters. The number of halogens is 3. The molecule has 32 heavy (non-hydrogen) atoms. The van der Waals surface area contributed by atoms with Gasteiger partial charge in [-0.1, -0.05) is 42.5 Å². The van der Waals surface area contributed by atoms with Crippen LogP contribution in [0.2, 0.25) is 0 Å². The minimum absolute atomic E-state index is 0.438. The van der Waals surface area contributed by atoms with E-state index in [2.05, 4.69) is 9.80 Å². The first-order chi connectivity index (χ1) is 15.5. The predicted octanol–water partition coefficient (Wildman–Crippen LogP) is 5.22. The normalized spacial score (nSPS) is 16.8. The molecule has 1 aromatic heterocycles. The highest BCUT2D eigenvalue weighted by molar-refractivity contribution is 5.34. The fourth-order valence-electron chi connectivity index (χ4n) is 3.98. The molecule has 3 aromatic rings. The molecule has 0 N–H and O–H groups in total. The number of ether oxygens (including phenoxy) is 1. The van der Waals surface area contributed by atoms with Gasteiger partial charge in [-0.15, -0.1) is 0 Å². The van der Waals surface area contributed by atoms with E-state index in [1.807, 2.05) is 42.5 Å². The van der Waals surface area contributed by atoms with E-state index in [9.17, 15) is 13.2 Å². The number of benzene rings is 2. The van der Waals surface area contributed by atoms with Crippen molar-refractivity contribution in [2.24, 2.45) is 0 Å². The average molecular weight is 444 g/mol. The quantitative estimate of drug-likeness (QED) is 0.476. The highest BCUT2D eigenvalue weighted by Crippen LogP contribution is 2.33. The summed E-state index contributed by atoms with van der Waals surface area (Å²) in [6, 6.07) is 18.7. The number of hydrogen-bond acceptors (Lipinski definition) is 4. The molecule has 1 saturated heterocycles. The van der Waals surface area contributed by atoms with E-state index < -0.39 is 17.8 Å². The Bertz CT molecular complexity index is 953. The molecule has 2 heterocycles. The lowest BCUT2D eigenvalue weighted by molar-refractivity contribution is -0.137. The Morgan fingerprint density at radius 1 is 0.844 bits per heavy atom. The van der Waals surface area contributed by atoms with Crippen molar-refractivity contribution in [2.75, 3.05) is 39.3 Å². The number of nitrogens with zero attached hydrogens (tertiary/aromatic N) is 2. The molecule has 4 rings (SSSR count). The molecule has 0 amide bonds. The van der Waals surface area contributed by atoms with E-state index in [0.717, 1.165) is 56.7 Å². The van der Waals surface area contributed by atoms with Crippen LogP contribution in [-0.4, -0.2) is 49.1 Å². The Balaban J connectivity index is 1.35. The minimum atomic E-state index is -4.38. The van der Waals surface area contributed by atoms with Crippen molar-refractivity contribution >= 4 is 0 Å². The van der Waals surface area contributed by atoms with Crippen LogP contribution in [0.25, 0.3) is 0 Å². The highest BCUT2D eigenvalue weighted by Gasteiger charge is 2.31. The van der Waals surface area contributed by atoms with Gasteiger partial charge in [0.05, 0.1) is 25.0 Å². The summed E-state index contributed by atoms with van der Waals surface area (Å²) in [7, 11) is 0. The number of hydrogen-bond donors (Lipinski definition) is 0. The maximum absolute atomic E-state index is 13.2. The molecule has 1 atom stereocenters. The maximum Gasteiger partial charge on any atom is 0.416 e. The number of furan rings is 1. The van der Waals surface area contributed by atoms with Crippen LogP contribution < -0.4 is 0 Å². The van der Waals surface area contributed by atoms with E-state index in [1.165, 1.54) is 12.1 Å². The Kier molecular flexibility index (Phi) is 7.29. The van der Waals surface area contributed by atoms with Gasteiger partial charge < -0.3 is 9.15 Å². The fourth-order valence-corrected chi connectivity index (χ4v) is 3.98. The van der Waals surface area contributed by atoms with Crippen LogP contribution in [0.15, 0.2) is 77.4 Å². The van der Waals surface area contributed by atoms with Gasteiger partial charge in [0.2, 0.25) is 0 Å². The van der Waals surface area contributed by atoms with Crippen LogP contribution in [0.3, 0.4) is 0 Å².